The number of anilines is 1. The average molecular weight is 411 g/mol. The third-order valence-corrected chi connectivity index (χ3v) is 4.93. The van der Waals surface area contributed by atoms with Crippen molar-refractivity contribution in [2.45, 2.75) is 19.8 Å². The minimum atomic E-state index is -1.05. The van der Waals surface area contributed by atoms with E-state index in [1.807, 2.05) is 24.0 Å². The van der Waals surface area contributed by atoms with E-state index in [1.54, 1.807) is 35.5 Å². The Kier molecular flexibility index (Phi) is 7.00. The van der Waals surface area contributed by atoms with E-state index in [1.165, 1.54) is 0 Å². The number of hydrogen-bond acceptors (Lipinski definition) is 6. The fourth-order valence-corrected chi connectivity index (χ4v) is 3.41. The fraction of sp³-hybridized carbons (Fsp3) is 0.364. The van der Waals surface area contributed by atoms with Crippen LogP contribution in [-0.2, 0) is 16.0 Å². The number of carboxylic acids is 1. The van der Waals surface area contributed by atoms with Crippen molar-refractivity contribution < 1.29 is 24.2 Å². The lowest BCUT2D eigenvalue weighted by atomic mass is 10.0. The predicted molar refractivity (Wildman–Crippen MR) is 111 cm³/mol. The van der Waals surface area contributed by atoms with Crippen molar-refractivity contribution in [3.05, 3.63) is 53.9 Å². The monoisotopic (exact) mass is 411 g/mol. The van der Waals surface area contributed by atoms with Gasteiger partial charge in [0, 0.05) is 36.7 Å². The molecular formula is C22H25N3O5. The number of carbonyl (C=O) groups is 3. The van der Waals surface area contributed by atoms with E-state index in [2.05, 4.69) is 4.98 Å². The number of hydrogen-bond donors (Lipinski definition) is 1. The second-order valence-corrected chi connectivity index (χ2v) is 7.12. The Balaban J connectivity index is 1.64. The van der Waals surface area contributed by atoms with Crippen LogP contribution in [0.15, 0.2) is 42.7 Å². The summed E-state index contributed by atoms with van der Waals surface area (Å²) in [5.41, 5.74) is 2.22. The normalized spacial score (nSPS) is 14.0. The second-order valence-electron chi connectivity index (χ2n) is 7.12. The number of ketones is 1. The Bertz CT molecular complexity index is 916. The van der Waals surface area contributed by atoms with Gasteiger partial charge in [-0.1, -0.05) is 13.3 Å². The number of rotatable bonds is 9. The average Bonchev–Trinajstić information content (AvgIpc) is 2.75. The molecule has 1 fully saturated rings. The molecule has 1 saturated heterocycles. The molecule has 1 aromatic carbocycles. The van der Waals surface area contributed by atoms with Gasteiger partial charge < -0.3 is 19.6 Å². The number of aliphatic carboxylic acids is 1. The molecule has 1 aliphatic rings. The molecule has 3 rings (SSSR count). The lowest BCUT2D eigenvalue weighted by Gasteiger charge is -2.35. The summed E-state index contributed by atoms with van der Waals surface area (Å²) in [6.07, 6.45) is 4.87. The minimum Gasteiger partial charge on any atom is -0.482 e. The van der Waals surface area contributed by atoms with Crippen LogP contribution in [0, 0.1) is 0 Å². The molecule has 2 aromatic rings. The van der Waals surface area contributed by atoms with E-state index >= 15 is 0 Å². The van der Waals surface area contributed by atoms with E-state index in [0.29, 0.717) is 30.8 Å². The van der Waals surface area contributed by atoms with E-state index in [-0.39, 0.29) is 24.8 Å². The van der Waals surface area contributed by atoms with E-state index in [4.69, 9.17) is 9.84 Å². The zero-order valence-corrected chi connectivity index (χ0v) is 16.9. The molecule has 0 spiro atoms. The van der Waals surface area contributed by atoms with Crippen molar-refractivity contribution in [2.75, 3.05) is 37.7 Å². The smallest absolute Gasteiger partial charge is 0.341 e. The molecule has 0 bridgehead atoms. The molecule has 0 aliphatic carbocycles. The highest BCUT2D eigenvalue weighted by atomic mass is 16.5. The highest BCUT2D eigenvalue weighted by Gasteiger charge is 2.26. The molecule has 0 saturated carbocycles. The van der Waals surface area contributed by atoms with Crippen LogP contribution in [0.25, 0.3) is 0 Å². The molecule has 1 N–H and O–H groups in total. The van der Waals surface area contributed by atoms with Crippen LogP contribution in [-0.4, -0.2) is 65.4 Å². The Morgan fingerprint density at radius 1 is 1.17 bits per heavy atom. The van der Waals surface area contributed by atoms with Gasteiger partial charge in [0.25, 0.3) is 0 Å². The molecule has 0 radical (unpaired) electrons. The third kappa shape index (κ3) is 5.34. The number of pyridine rings is 1. The van der Waals surface area contributed by atoms with Crippen molar-refractivity contribution in [3.63, 3.8) is 0 Å². The number of benzene rings is 1. The molecule has 158 valence electrons. The Morgan fingerprint density at radius 3 is 2.60 bits per heavy atom. The van der Waals surface area contributed by atoms with Gasteiger partial charge in [0.15, 0.2) is 12.4 Å². The summed E-state index contributed by atoms with van der Waals surface area (Å²) in [7, 11) is 0. The zero-order valence-electron chi connectivity index (χ0n) is 16.9. The van der Waals surface area contributed by atoms with Crippen LogP contribution in [0.1, 0.15) is 29.3 Å². The van der Waals surface area contributed by atoms with Gasteiger partial charge in [-0.05, 0) is 42.3 Å². The summed E-state index contributed by atoms with van der Waals surface area (Å²) in [5.74, 6) is -0.829. The van der Waals surface area contributed by atoms with E-state index < -0.39 is 12.6 Å². The first kappa shape index (κ1) is 21.3. The predicted octanol–water partition coefficient (Wildman–Crippen LogP) is 2.03. The van der Waals surface area contributed by atoms with Gasteiger partial charge >= 0.3 is 5.97 Å². The molecule has 0 unspecified atom stereocenters. The highest BCUT2D eigenvalue weighted by molar-refractivity contribution is 6.00. The summed E-state index contributed by atoms with van der Waals surface area (Å²) in [5, 5.41) is 8.81. The van der Waals surface area contributed by atoms with E-state index in [9.17, 15) is 14.4 Å². The molecule has 30 heavy (non-hydrogen) atoms. The van der Waals surface area contributed by atoms with Gasteiger partial charge in [-0.2, -0.15) is 0 Å². The first-order chi connectivity index (χ1) is 14.5. The molecular weight excluding hydrogens is 386 g/mol. The SMILES string of the molecule is CCCc1cc(C(=O)CN2CCN(c3ccncc3)CC2=O)ccc1OCC(=O)O. The molecule has 1 aromatic heterocycles. The number of piperazine rings is 1. The maximum Gasteiger partial charge on any atom is 0.341 e. The minimum absolute atomic E-state index is 0.0178. The second kappa shape index (κ2) is 9.87. The number of amides is 1. The number of aromatic nitrogens is 1. The number of Topliss-reactive ketones (excluding diaryl/α,β-unsaturated/α-hetero) is 1. The van der Waals surface area contributed by atoms with Crippen LogP contribution in [0.3, 0.4) is 0 Å². The lowest BCUT2D eigenvalue weighted by Crippen LogP contribution is -2.51. The summed E-state index contributed by atoms with van der Waals surface area (Å²) in [4.78, 5) is 43.6. The summed E-state index contributed by atoms with van der Waals surface area (Å²) < 4.78 is 5.32. The summed E-state index contributed by atoms with van der Waals surface area (Å²) in [6, 6.07) is 8.70. The molecule has 8 nitrogen and oxygen atoms in total. The maximum atomic E-state index is 12.8. The van der Waals surface area contributed by atoms with Crippen molar-refractivity contribution in [3.8, 4) is 5.75 Å². The Hall–Kier alpha value is -3.42. The Labute approximate surface area is 175 Å². The first-order valence-electron chi connectivity index (χ1n) is 9.91. The van der Waals surface area contributed by atoms with Gasteiger partial charge in [-0.3, -0.25) is 14.6 Å². The quantitative estimate of drug-likeness (QED) is 0.630. The van der Waals surface area contributed by atoms with Crippen LogP contribution < -0.4 is 9.64 Å². The van der Waals surface area contributed by atoms with Crippen molar-refractivity contribution in [1.29, 1.82) is 0 Å². The van der Waals surface area contributed by atoms with Crippen LogP contribution in [0.5, 0.6) is 5.75 Å². The molecule has 2 heterocycles. The van der Waals surface area contributed by atoms with Gasteiger partial charge in [-0.25, -0.2) is 4.79 Å². The van der Waals surface area contributed by atoms with Crippen LogP contribution >= 0.6 is 0 Å². The van der Waals surface area contributed by atoms with Crippen molar-refractivity contribution in [1.82, 2.24) is 9.88 Å². The van der Waals surface area contributed by atoms with E-state index in [0.717, 1.165) is 17.7 Å². The molecule has 8 heteroatoms. The maximum absolute atomic E-state index is 12.8. The Morgan fingerprint density at radius 2 is 1.93 bits per heavy atom. The number of ether oxygens (including phenoxy) is 1. The summed E-state index contributed by atoms with van der Waals surface area (Å²) in [6.45, 7) is 2.92. The van der Waals surface area contributed by atoms with Crippen LogP contribution in [0.4, 0.5) is 5.69 Å². The van der Waals surface area contributed by atoms with Crippen molar-refractivity contribution in [2.24, 2.45) is 0 Å². The topological polar surface area (TPSA) is 100 Å². The van der Waals surface area contributed by atoms with Crippen molar-refractivity contribution >= 4 is 23.3 Å². The zero-order chi connectivity index (χ0) is 21.5. The van der Waals surface area contributed by atoms with Gasteiger partial charge in [0.1, 0.15) is 5.75 Å². The third-order valence-electron chi connectivity index (χ3n) is 4.93. The number of carboxylic acid groups (broad SMARTS) is 1. The standard InChI is InChI=1S/C22H25N3O5/c1-2-3-17-12-16(4-5-20(17)30-15-22(28)29)19(26)13-25-11-10-24(14-21(25)27)18-6-8-23-9-7-18/h4-9,12H,2-3,10-11,13-15H2,1H3,(H,28,29). The highest BCUT2D eigenvalue weighted by Crippen LogP contribution is 2.23. The molecule has 0 atom stereocenters. The summed E-state index contributed by atoms with van der Waals surface area (Å²) >= 11 is 0. The lowest BCUT2D eigenvalue weighted by molar-refractivity contribution is -0.139. The van der Waals surface area contributed by atoms with Gasteiger partial charge in [0.2, 0.25) is 5.91 Å². The largest absolute Gasteiger partial charge is 0.482 e. The number of carbonyl (C=O) groups excluding carboxylic acids is 2. The van der Waals surface area contributed by atoms with Crippen LogP contribution in [0.2, 0.25) is 0 Å². The molecule has 1 aliphatic heterocycles. The fourth-order valence-electron chi connectivity index (χ4n) is 3.41. The van der Waals surface area contributed by atoms with Gasteiger partial charge in [-0.15, -0.1) is 0 Å². The first-order valence-corrected chi connectivity index (χ1v) is 9.91. The molecule has 1 amide bonds. The number of nitrogens with zero attached hydrogens (tertiary/aromatic N) is 3. The van der Waals surface area contributed by atoms with Gasteiger partial charge in [0.05, 0.1) is 13.1 Å². The number of aryl methyl sites for hydroxylation is 1.